The van der Waals surface area contributed by atoms with Crippen molar-refractivity contribution < 1.29 is 0 Å². The molecule has 9 heteroatoms. The maximum Gasteiger partial charge on any atom is 0.362 e. The number of nitrogens with zero attached hydrogens (tertiary/aromatic N) is 6. The Balaban J connectivity index is 1.96. The minimum atomic E-state index is -0.385. The monoisotopic (exact) mass is 363 g/mol. The topological polar surface area (TPSA) is 82.4 Å². The zero-order chi connectivity index (χ0) is 15.3. The number of hydrogen-bond acceptors (Lipinski definition) is 6. The summed E-state index contributed by atoms with van der Waals surface area (Å²) in [5.74, 6) is 0.703. The number of anilines is 1. The Morgan fingerprint density at radius 3 is 2.77 bits per heavy atom. The Morgan fingerprint density at radius 1 is 1.23 bits per heavy atom. The molecule has 0 bridgehead atoms. The van der Waals surface area contributed by atoms with Crippen molar-refractivity contribution in [1.29, 1.82) is 0 Å². The zero-order valence-electron chi connectivity index (χ0n) is 12.0. The summed E-state index contributed by atoms with van der Waals surface area (Å²) in [7, 11) is 2.10. The molecule has 1 fully saturated rings. The van der Waals surface area contributed by atoms with Gasteiger partial charge in [-0.1, -0.05) is 0 Å². The second-order valence-corrected chi connectivity index (χ2v) is 6.33. The van der Waals surface area contributed by atoms with Gasteiger partial charge in [0, 0.05) is 36.8 Å². The third-order valence-electron chi connectivity index (χ3n) is 3.90. The molecule has 0 radical (unpaired) electrons. The number of nitrogens with one attached hydrogen (secondary N) is 1. The summed E-state index contributed by atoms with van der Waals surface area (Å²) in [6.45, 7) is 3.60. The molecular formula is C13H14BrN7O. The predicted molar refractivity (Wildman–Crippen MR) is 86.3 cm³/mol. The number of pyridine rings is 1. The molecule has 0 aromatic carbocycles. The molecule has 22 heavy (non-hydrogen) atoms. The minimum absolute atomic E-state index is 0.385. The summed E-state index contributed by atoms with van der Waals surface area (Å²) >= 11 is 3.39. The van der Waals surface area contributed by atoms with Gasteiger partial charge in [-0.15, -0.1) is 0 Å². The number of rotatable bonds is 1. The number of piperazine rings is 1. The SMILES string of the molecule is CN1CCN(c2nc3ncc(Br)cc3n3[nH]c(=O)nc23)CC1. The van der Waals surface area contributed by atoms with E-state index in [1.165, 1.54) is 0 Å². The van der Waals surface area contributed by atoms with Crippen LogP contribution >= 0.6 is 15.9 Å². The normalized spacial score (nSPS) is 16.7. The van der Waals surface area contributed by atoms with E-state index in [1.54, 1.807) is 10.7 Å². The van der Waals surface area contributed by atoms with Crippen LogP contribution in [0.2, 0.25) is 0 Å². The number of likely N-dealkylation sites (N-methyl/N-ethyl adjacent to an activating group) is 1. The van der Waals surface area contributed by atoms with Gasteiger partial charge in [-0.3, -0.25) is 0 Å². The standard InChI is InChI=1S/C13H14BrN7O/c1-19-2-4-20(5-3-19)11-12-17-13(22)18-21(12)9-6-8(14)7-15-10(9)16-11/h6-7H,2-5H2,1H3,(H,18,22). The van der Waals surface area contributed by atoms with Crippen molar-refractivity contribution in [3.05, 3.63) is 27.2 Å². The first-order valence-electron chi connectivity index (χ1n) is 6.99. The number of halogens is 1. The summed E-state index contributed by atoms with van der Waals surface area (Å²) < 4.78 is 2.49. The highest BCUT2D eigenvalue weighted by Gasteiger charge is 2.21. The molecule has 3 aromatic heterocycles. The highest BCUT2D eigenvalue weighted by molar-refractivity contribution is 9.10. The van der Waals surface area contributed by atoms with Gasteiger partial charge in [-0.05, 0) is 29.0 Å². The molecule has 1 saturated heterocycles. The lowest BCUT2D eigenvalue weighted by Gasteiger charge is -2.33. The van der Waals surface area contributed by atoms with Gasteiger partial charge in [-0.25, -0.2) is 24.4 Å². The van der Waals surface area contributed by atoms with Crippen molar-refractivity contribution in [2.24, 2.45) is 0 Å². The molecule has 1 aliphatic rings. The van der Waals surface area contributed by atoms with Crippen LogP contribution in [0.5, 0.6) is 0 Å². The molecule has 3 aromatic rings. The second-order valence-electron chi connectivity index (χ2n) is 5.41. The summed E-state index contributed by atoms with van der Waals surface area (Å²) in [5, 5.41) is 2.73. The average molecular weight is 364 g/mol. The van der Waals surface area contributed by atoms with Crippen molar-refractivity contribution >= 4 is 38.6 Å². The van der Waals surface area contributed by atoms with E-state index in [9.17, 15) is 4.79 Å². The maximum absolute atomic E-state index is 11.7. The second kappa shape index (κ2) is 5.03. The zero-order valence-corrected chi connectivity index (χ0v) is 13.5. The summed E-state index contributed by atoms with van der Waals surface area (Å²) in [4.78, 5) is 29.2. The number of aromatic nitrogens is 5. The first kappa shape index (κ1) is 13.6. The third kappa shape index (κ3) is 2.17. The highest BCUT2D eigenvalue weighted by Crippen LogP contribution is 2.23. The van der Waals surface area contributed by atoms with Crippen LogP contribution in [0.15, 0.2) is 21.5 Å². The highest BCUT2D eigenvalue weighted by atomic mass is 79.9. The van der Waals surface area contributed by atoms with Crippen LogP contribution in [0.4, 0.5) is 5.82 Å². The Kier molecular flexibility index (Phi) is 3.12. The first-order valence-corrected chi connectivity index (χ1v) is 7.78. The predicted octanol–water partition coefficient (Wildman–Crippen LogP) is 0.480. The Morgan fingerprint density at radius 2 is 2.00 bits per heavy atom. The van der Waals surface area contributed by atoms with E-state index in [4.69, 9.17) is 0 Å². The van der Waals surface area contributed by atoms with E-state index in [1.807, 2.05) is 6.07 Å². The molecule has 4 rings (SSSR count). The van der Waals surface area contributed by atoms with Crippen LogP contribution in [-0.4, -0.2) is 62.7 Å². The van der Waals surface area contributed by atoms with Gasteiger partial charge >= 0.3 is 5.69 Å². The molecule has 8 nitrogen and oxygen atoms in total. The lowest BCUT2D eigenvalue weighted by molar-refractivity contribution is 0.312. The molecule has 114 valence electrons. The Labute approximate surface area is 133 Å². The molecule has 1 aliphatic heterocycles. The van der Waals surface area contributed by atoms with Crippen LogP contribution < -0.4 is 10.6 Å². The van der Waals surface area contributed by atoms with Crippen molar-refractivity contribution in [3.63, 3.8) is 0 Å². The van der Waals surface area contributed by atoms with E-state index in [-0.39, 0.29) is 5.69 Å². The third-order valence-corrected chi connectivity index (χ3v) is 4.33. The van der Waals surface area contributed by atoms with Crippen molar-refractivity contribution in [2.75, 3.05) is 38.1 Å². The summed E-state index contributed by atoms with van der Waals surface area (Å²) in [6, 6.07) is 1.87. The van der Waals surface area contributed by atoms with Crippen LogP contribution in [-0.2, 0) is 0 Å². The van der Waals surface area contributed by atoms with Gasteiger partial charge in [0.05, 0.1) is 0 Å². The Bertz CT molecular complexity index is 910. The van der Waals surface area contributed by atoms with E-state index in [0.29, 0.717) is 17.1 Å². The Hall–Kier alpha value is -2.00. The quantitative estimate of drug-likeness (QED) is 0.677. The van der Waals surface area contributed by atoms with Gasteiger partial charge in [0.1, 0.15) is 5.52 Å². The van der Waals surface area contributed by atoms with Crippen LogP contribution in [0.3, 0.4) is 0 Å². The average Bonchev–Trinajstić information content (AvgIpc) is 2.89. The van der Waals surface area contributed by atoms with Crippen molar-refractivity contribution in [2.45, 2.75) is 0 Å². The fourth-order valence-corrected chi connectivity index (χ4v) is 3.02. The van der Waals surface area contributed by atoms with E-state index in [0.717, 1.165) is 36.2 Å². The first-order chi connectivity index (χ1) is 10.6. The number of hydrogen-bond donors (Lipinski definition) is 1. The van der Waals surface area contributed by atoms with E-state index >= 15 is 0 Å². The van der Waals surface area contributed by atoms with Crippen molar-refractivity contribution in [1.82, 2.24) is 29.5 Å². The van der Waals surface area contributed by atoms with Crippen molar-refractivity contribution in [3.8, 4) is 0 Å². The number of aromatic amines is 1. The summed E-state index contributed by atoms with van der Waals surface area (Å²) in [6.07, 6.45) is 1.70. The maximum atomic E-state index is 11.7. The summed E-state index contributed by atoms with van der Waals surface area (Å²) in [5.41, 5.74) is 1.46. The van der Waals surface area contributed by atoms with Crippen LogP contribution in [0.25, 0.3) is 16.8 Å². The molecule has 0 atom stereocenters. The largest absolute Gasteiger partial charge is 0.362 e. The number of fused-ring (bicyclic) bond motifs is 3. The van der Waals surface area contributed by atoms with Gasteiger partial charge in [-0.2, -0.15) is 4.98 Å². The lowest BCUT2D eigenvalue weighted by atomic mass is 10.3. The smallest absolute Gasteiger partial charge is 0.351 e. The molecule has 0 saturated carbocycles. The van der Waals surface area contributed by atoms with E-state index < -0.39 is 0 Å². The van der Waals surface area contributed by atoms with Gasteiger partial charge in [0.2, 0.25) is 5.65 Å². The molecule has 0 aliphatic carbocycles. The van der Waals surface area contributed by atoms with Gasteiger partial charge < -0.3 is 9.80 Å². The molecular weight excluding hydrogens is 350 g/mol. The number of H-pyrrole nitrogens is 1. The minimum Gasteiger partial charge on any atom is -0.351 e. The lowest BCUT2D eigenvalue weighted by Crippen LogP contribution is -2.45. The molecule has 0 amide bonds. The molecule has 1 N–H and O–H groups in total. The fourth-order valence-electron chi connectivity index (χ4n) is 2.70. The fraction of sp³-hybridized carbons (Fsp3) is 0.385. The molecule has 0 spiro atoms. The van der Waals surface area contributed by atoms with Crippen LogP contribution in [0, 0.1) is 0 Å². The van der Waals surface area contributed by atoms with Gasteiger partial charge in [0.15, 0.2) is 11.5 Å². The van der Waals surface area contributed by atoms with Crippen LogP contribution in [0.1, 0.15) is 0 Å². The van der Waals surface area contributed by atoms with E-state index in [2.05, 4.69) is 52.8 Å². The van der Waals surface area contributed by atoms with Gasteiger partial charge in [0.25, 0.3) is 0 Å². The molecule has 0 unspecified atom stereocenters. The molecule has 4 heterocycles.